The van der Waals surface area contributed by atoms with Crippen LogP contribution in [0.2, 0.25) is 0 Å². The first kappa shape index (κ1) is 11.2. The summed E-state index contributed by atoms with van der Waals surface area (Å²) in [6, 6.07) is 2.65. The molecule has 2 unspecified atom stereocenters. The number of anilines is 1. The van der Waals surface area contributed by atoms with Crippen LogP contribution in [0.25, 0.3) is 5.65 Å². The molecular formula is C11H16N6O. The number of aromatic amines is 1. The predicted octanol–water partition coefficient (Wildman–Crippen LogP) is -0.396. The molecule has 2 aromatic heterocycles. The molecule has 0 aliphatic carbocycles. The summed E-state index contributed by atoms with van der Waals surface area (Å²) in [4.78, 5) is 17.9. The Labute approximate surface area is 104 Å². The van der Waals surface area contributed by atoms with Crippen LogP contribution in [0, 0.1) is 0 Å². The van der Waals surface area contributed by atoms with Crippen LogP contribution >= 0.6 is 0 Å². The van der Waals surface area contributed by atoms with Crippen molar-refractivity contribution < 1.29 is 0 Å². The van der Waals surface area contributed by atoms with Crippen molar-refractivity contribution in [3.63, 3.8) is 0 Å². The molecule has 0 bridgehead atoms. The van der Waals surface area contributed by atoms with Gasteiger partial charge in [0.2, 0.25) is 0 Å². The van der Waals surface area contributed by atoms with E-state index in [1.165, 1.54) is 10.7 Å². The van der Waals surface area contributed by atoms with Crippen LogP contribution in [0.1, 0.15) is 13.8 Å². The second-order valence-electron chi connectivity index (χ2n) is 4.81. The molecule has 2 aromatic rings. The van der Waals surface area contributed by atoms with Crippen molar-refractivity contribution in [2.45, 2.75) is 25.9 Å². The van der Waals surface area contributed by atoms with Crippen molar-refractivity contribution in [2.75, 3.05) is 18.0 Å². The molecule has 3 rings (SSSR count). The molecule has 7 heteroatoms. The zero-order chi connectivity index (χ0) is 12.7. The lowest BCUT2D eigenvalue weighted by atomic mass is 10.1. The van der Waals surface area contributed by atoms with E-state index in [-0.39, 0.29) is 5.69 Å². The minimum Gasteiger partial charge on any atom is -0.351 e. The van der Waals surface area contributed by atoms with Gasteiger partial charge in [-0.3, -0.25) is 0 Å². The van der Waals surface area contributed by atoms with E-state index < -0.39 is 0 Å². The second kappa shape index (κ2) is 4.09. The maximum absolute atomic E-state index is 11.4. The quantitative estimate of drug-likeness (QED) is 0.718. The number of H-pyrrole nitrogens is 1. The highest BCUT2D eigenvalue weighted by Gasteiger charge is 2.23. The average molecular weight is 248 g/mol. The highest BCUT2D eigenvalue weighted by atomic mass is 16.1. The number of hydrogen-bond donors (Lipinski definition) is 2. The Morgan fingerprint density at radius 2 is 2.28 bits per heavy atom. The molecule has 3 heterocycles. The van der Waals surface area contributed by atoms with Gasteiger partial charge in [0, 0.05) is 31.2 Å². The van der Waals surface area contributed by atoms with Crippen LogP contribution in [-0.4, -0.2) is 44.8 Å². The van der Waals surface area contributed by atoms with Gasteiger partial charge in [-0.05, 0) is 13.8 Å². The summed E-state index contributed by atoms with van der Waals surface area (Å²) in [5, 5.41) is 9.80. The Kier molecular flexibility index (Phi) is 2.55. The molecule has 0 radical (unpaired) electrons. The third-order valence-electron chi connectivity index (χ3n) is 3.35. The maximum atomic E-state index is 11.4. The summed E-state index contributed by atoms with van der Waals surface area (Å²) >= 11 is 0. The monoisotopic (exact) mass is 248 g/mol. The van der Waals surface area contributed by atoms with Crippen LogP contribution in [0.4, 0.5) is 5.82 Å². The van der Waals surface area contributed by atoms with Crippen molar-refractivity contribution in [3.8, 4) is 0 Å². The number of nitrogens with zero attached hydrogens (tertiary/aromatic N) is 4. The van der Waals surface area contributed by atoms with Crippen molar-refractivity contribution in [1.82, 2.24) is 24.9 Å². The first-order chi connectivity index (χ1) is 8.65. The second-order valence-corrected chi connectivity index (χ2v) is 4.81. The molecule has 1 aliphatic rings. The van der Waals surface area contributed by atoms with E-state index in [9.17, 15) is 4.79 Å². The van der Waals surface area contributed by atoms with Gasteiger partial charge < -0.3 is 10.2 Å². The molecule has 0 saturated carbocycles. The van der Waals surface area contributed by atoms with Crippen molar-refractivity contribution in [2.24, 2.45) is 0 Å². The van der Waals surface area contributed by atoms with E-state index in [1.54, 1.807) is 0 Å². The van der Waals surface area contributed by atoms with Crippen LogP contribution in [0.15, 0.2) is 17.2 Å². The van der Waals surface area contributed by atoms with Crippen molar-refractivity contribution >= 4 is 11.5 Å². The summed E-state index contributed by atoms with van der Waals surface area (Å²) in [7, 11) is 0. The Hall–Kier alpha value is -1.89. The van der Waals surface area contributed by atoms with Gasteiger partial charge in [0.05, 0.1) is 0 Å². The van der Waals surface area contributed by atoms with Gasteiger partial charge in [0.25, 0.3) is 0 Å². The van der Waals surface area contributed by atoms with E-state index in [4.69, 9.17) is 0 Å². The van der Waals surface area contributed by atoms with Crippen molar-refractivity contribution in [3.05, 3.63) is 22.9 Å². The molecule has 1 aliphatic heterocycles. The number of fused-ring (bicyclic) bond motifs is 1. The smallest absolute Gasteiger partial charge is 0.348 e. The fourth-order valence-electron chi connectivity index (χ4n) is 2.30. The Morgan fingerprint density at radius 3 is 3.11 bits per heavy atom. The first-order valence-electron chi connectivity index (χ1n) is 6.08. The topological polar surface area (TPSA) is 78.3 Å². The van der Waals surface area contributed by atoms with Crippen molar-refractivity contribution in [1.29, 1.82) is 0 Å². The van der Waals surface area contributed by atoms with Crippen LogP contribution in [0.5, 0.6) is 0 Å². The number of aromatic nitrogens is 4. The van der Waals surface area contributed by atoms with E-state index in [1.807, 2.05) is 6.07 Å². The standard InChI is InChI=1S/C11H16N6O/c1-7-5-16(8(2)4-12-7)9-3-10-14-15-11(18)17(10)6-13-9/h3,6-8,12H,4-5H2,1-2H3,(H,15,18). The highest BCUT2D eigenvalue weighted by Crippen LogP contribution is 2.17. The molecule has 0 amide bonds. The fourth-order valence-corrected chi connectivity index (χ4v) is 2.30. The van der Waals surface area contributed by atoms with Gasteiger partial charge in [-0.1, -0.05) is 0 Å². The predicted molar refractivity (Wildman–Crippen MR) is 67.9 cm³/mol. The normalized spacial score (nSPS) is 24.7. The number of nitrogens with one attached hydrogen (secondary N) is 2. The Morgan fingerprint density at radius 1 is 1.44 bits per heavy atom. The minimum atomic E-state index is -0.259. The summed E-state index contributed by atoms with van der Waals surface area (Å²) in [6.07, 6.45) is 1.52. The maximum Gasteiger partial charge on any atom is 0.348 e. The summed E-state index contributed by atoms with van der Waals surface area (Å²) in [5.41, 5.74) is 0.342. The largest absolute Gasteiger partial charge is 0.351 e. The lowest BCUT2D eigenvalue weighted by Crippen LogP contribution is -2.54. The third-order valence-corrected chi connectivity index (χ3v) is 3.35. The molecule has 1 saturated heterocycles. The lowest BCUT2D eigenvalue weighted by Gasteiger charge is -2.38. The van der Waals surface area contributed by atoms with E-state index in [2.05, 4.69) is 39.2 Å². The zero-order valence-corrected chi connectivity index (χ0v) is 10.4. The summed E-state index contributed by atoms with van der Waals surface area (Å²) in [6.45, 7) is 6.14. The molecule has 18 heavy (non-hydrogen) atoms. The Bertz CT molecular complexity index is 617. The van der Waals surface area contributed by atoms with Crippen LogP contribution in [0.3, 0.4) is 0 Å². The van der Waals surface area contributed by atoms with Crippen LogP contribution < -0.4 is 15.9 Å². The number of piperazine rings is 1. The molecule has 1 fully saturated rings. The summed E-state index contributed by atoms with van der Waals surface area (Å²) in [5.74, 6) is 0.863. The average Bonchev–Trinajstić information content (AvgIpc) is 2.74. The van der Waals surface area contributed by atoms with Gasteiger partial charge in [-0.2, -0.15) is 5.10 Å². The van der Waals surface area contributed by atoms with E-state index >= 15 is 0 Å². The van der Waals surface area contributed by atoms with Gasteiger partial charge in [0.1, 0.15) is 12.1 Å². The van der Waals surface area contributed by atoms with Gasteiger partial charge in [-0.25, -0.2) is 19.3 Å². The molecule has 2 N–H and O–H groups in total. The Balaban J connectivity index is 2.00. The number of hydrogen-bond acceptors (Lipinski definition) is 5. The first-order valence-corrected chi connectivity index (χ1v) is 6.08. The molecule has 7 nitrogen and oxygen atoms in total. The number of rotatable bonds is 1. The third kappa shape index (κ3) is 1.76. The van der Waals surface area contributed by atoms with E-state index in [0.29, 0.717) is 17.7 Å². The van der Waals surface area contributed by atoms with Gasteiger partial charge >= 0.3 is 5.69 Å². The molecular weight excluding hydrogens is 232 g/mol. The molecule has 2 atom stereocenters. The molecule has 0 spiro atoms. The fraction of sp³-hybridized carbons (Fsp3) is 0.545. The highest BCUT2D eigenvalue weighted by molar-refractivity contribution is 5.51. The molecule has 0 aromatic carbocycles. The van der Waals surface area contributed by atoms with Crippen LogP contribution in [-0.2, 0) is 0 Å². The SMILES string of the molecule is CC1CN(c2cc3n[nH]c(=O)n3cn2)C(C)CN1. The zero-order valence-electron chi connectivity index (χ0n) is 10.4. The van der Waals surface area contributed by atoms with E-state index in [0.717, 1.165) is 18.9 Å². The summed E-state index contributed by atoms with van der Waals surface area (Å²) < 4.78 is 1.40. The lowest BCUT2D eigenvalue weighted by molar-refractivity contribution is 0.422. The molecule has 96 valence electrons. The van der Waals surface area contributed by atoms with Gasteiger partial charge in [-0.15, -0.1) is 0 Å². The minimum absolute atomic E-state index is 0.259. The van der Waals surface area contributed by atoms with Gasteiger partial charge in [0.15, 0.2) is 5.65 Å².